The van der Waals surface area contributed by atoms with Crippen LogP contribution in [0, 0.1) is 0 Å². The normalized spacial score (nSPS) is 13.4. The minimum absolute atomic E-state index is 0.151. The molecule has 0 fully saturated rings. The highest BCUT2D eigenvalue weighted by Crippen LogP contribution is 2.07. The second kappa shape index (κ2) is 5.07. The summed E-state index contributed by atoms with van der Waals surface area (Å²) in [5.74, 6) is 0. The Bertz CT molecular complexity index is 145. The molecular weight excluding hydrogens is 186 g/mol. The SMILES string of the molecule is CCC[N+](C)(C)CCC[Si](O)(O)O. The smallest absolute Gasteiger partial charge is 0.390 e. The molecule has 80 valence electrons. The zero-order valence-corrected chi connectivity index (χ0v) is 9.82. The van der Waals surface area contributed by atoms with Gasteiger partial charge < -0.3 is 18.9 Å². The molecule has 0 aliphatic carbocycles. The fourth-order valence-electron chi connectivity index (χ4n) is 1.46. The van der Waals surface area contributed by atoms with E-state index in [4.69, 9.17) is 14.4 Å². The summed E-state index contributed by atoms with van der Waals surface area (Å²) in [6, 6.07) is 0.151. The molecule has 0 unspecified atom stereocenters. The van der Waals surface area contributed by atoms with Gasteiger partial charge in [0.05, 0.1) is 27.2 Å². The van der Waals surface area contributed by atoms with Gasteiger partial charge in [-0.1, -0.05) is 6.92 Å². The zero-order valence-electron chi connectivity index (χ0n) is 8.82. The minimum atomic E-state index is -3.79. The second-order valence-corrected chi connectivity index (χ2v) is 6.31. The largest absolute Gasteiger partial charge is 0.492 e. The Labute approximate surface area is 81.4 Å². The summed E-state index contributed by atoms with van der Waals surface area (Å²) in [5.41, 5.74) is 0. The number of nitrogens with zero attached hydrogens (tertiary/aromatic N) is 1. The van der Waals surface area contributed by atoms with Crippen molar-refractivity contribution < 1.29 is 18.9 Å². The Kier molecular flexibility index (Phi) is 5.09. The molecule has 0 atom stereocenters. The summed E-state index contributed by atoms with van der Waals surface area (Å²) in [7, 11) is 0.430. The first-order valence-corrected chi connectivity index (χ1v) is 6.81. The maximum Gasteiger partial charge on any atom is 0.492 e. The van der Waals surface area contributed by atoms with E-state index in [1.54, 1.807) is 0 Å². The molecule has 5 heteroatoms. The van der Waals surface area contributed by atoms with Crippen molar-refractivity contribution in [1.82, 2.24) is 0 Å². The molecule has 0 aliphatic rings. The second-order valence-electron chi connectivity index (χ2n) is 4.26. The Balaban J connectivity index is 3.63. The quantitative estimate of drug-likeness (QED) is 0.418. The van der Waals surface area contributed by atoms with Crippen LogP contribution in [0.1, 0.15) is 19.8 Å². The third-order valence-electron chi connectivity index (χ3n) is 2.10. The van der Waals surface area contributed by atoms with Gasteiger partial charge in [-0.25, -0.2) is 0 Å². The van der Waals surface area contributed by atoms with Gasteiger partial charge in [0, 0.05) is 12.5 Å². The molecule has 0 spiro atoms. The molecule has 0 bridgehead atoms. The van der Waals surface area contributed by atoms with E-state index < -0.39 is 8.80 Å². The predicted octanol–water partition coefficient (Wildman–Crippen LogP) is -0.221. The van der Waals surface area contributed by atoms with Crippen LogP contribution in [-0.2, 0) is 0 Å². The minimum Gasteiger partial charge on any atom is -0.390 e. The summed E-state index contributed by atoms with van der Waals surface area (Å²) in [5, 5.41) is 0. The van der Waals surface area contributed by atoms with E-state index in [0.717, 1.165) is 24.0 Å². The molecule has 0 aromatic carbocycles. The lowest BCUT2D eigenvalue weighted by atomic mass is 10.3. The van der Waals surface area contributed by atoms with Crippen molar-refractivity contribution in [2.24, 2.45) is 0 Å². The van der Waals surface area contributed by atoms with Gasteiger partial charge in [0.25, 0.3) is 0 Å². The molecule has 0 heterocycles. The third kappa shape index (κ3) is 8.39. The summed E-state index contributed by atoms with van der Waals surface area (Å²) in [6.45, 7) is 4.09. The number of quaternary nitrogens is 1. The Morgan fingerprint density at radius 3 is 2.00 bits per heavy atom. The first-order valence-electron chi connectivity index (χ1n) is 4.76. The van der Waals surface area contributed by atoms with Gasteiger partial charge in [-0.15, -0.1) is 0 Å². The van der Waals surface area contributed by atoms with Crippen LogP contribution in [-0.4, -0.2) is 54.9 Å². The van der Waals surface area contributed by atoms with Crippen molar-refractivity contribution in [1.29, 1.82) is 0 Å². The molecule has 0 saturated carbocycles. The maximum atomic E-state index is 8.79. The highest BCUT2D eigenvalue weighted by Gasteiger charge is 2.27. The molecule has 0 saturated heterocycles. The summed E-state index contributed by atoms with van der Waals surface area (Å²) < 4.78 is 0.876. The topological polar surface area (TPSA) is 60.7 Å². The predicted molar refractivity (Wildman–Crippen MR) is 54.0 cm³/mol. The number of hydrogen-bond acceptors (Lipinski definition) is 3. The fourth-order valence-corrected chi connectivity index (χ4v) is 2.09. The van der Waals surface area contributed by atoms with Crippen LogP contribution in [0.4, 0.5) is 0 Å². The molecule has 0 aliphatic heterocycles. The zero-order chi connectivity index (χ0) is 10.5. The van der Waals surface area contributed by atoms with Gasteiger partial charge in [0.1, 0.15) is 0 Å². The highest BCUT2D eigenvalue weighted by molar-refractivity contribution is 6.56. The van der Waals surface area contributed by atoms with Gasteiger partial charge in [-0.3, -0.25) is 0 Å². The van der Waals surface area contributed by atoms with Gasteiger partial charge in [-0.05, 0) is 6.42 Å². The van der Waals surface area contributed by atoms with Crippen molar-refractivity contribution in [2.45, 2.75) is 25.8 Å². The van der Waals surface area contributed by atoms with Crippen LogP contribution in [0.25, 0.3) is 0 Å². The van der Waals surface area contributed by atoms with Crippen molar-refractivity contribution in [3.63, 3.8) is 0 Å². The van der Waals surface area contributed by atoms with Crippen molar-refractivity contribution in [2.75, 3.05) is 27.2 Å². The van der Waals surface area contributed by atoms with Gasteiger partial charge >= 0.3 is 8.80 Å². The van der Waals surface area contributed by atoms with Crippen molar-refractivity contribution in [3.8, 4) is 0 Å². The lowest BCUT2D eigenvalue weighted by molar-refractivity contribution is -0.890. The van der Waals surface area contributed by atoms with Gasteiger partial charge in [0.15, 0.2) is 0 Å². The molecule has 0 aromatic heterocycles. The molecule has 0 radical (unpaired) electrons. The van der Waals surface area contributed by atoms with Gasteiger partial charge in [0.2, 0.25) is 0 Å². The first kappa shape index (κ1) is 13.1. The van der Waals surface area contributed by atoms with Crippen LogP contribution in [0.3, 0.4) is 0 Å². The van der Waals surface area contributed by atoms with Crippen molar-refractivity contribution in [3.05, 3.63) is 0 Å². The van der Waals surface area contributed by atoms with E-state index in [2.05, 4.69) is 21.0 Å². The lowest BCUT2D eigenvalue weighted by Crippen LogP contribution is -2.42. The van der Waals surface area contributed by atoms with Crippen LogP contribution in [0.5, 0.6) is 0 Å². The van der Waals surface area contributed by atoms with E-state index in [0.29, 0.717) is 6.42 Å². The van der Waals surface area contributed by atoms with Crippen LogP contribution < -0.4 is 0 Å². The number of hydrogen-bond donors (Lipinski definition) is 3. The van der Waals surface area contributed by atoms with E-state index >= 15 is 0 Å². The Morgan fingerprint density at radius 1 is 1.08 bits per heavy atom. The van der Waals surface area contributed by atoms with Crippen LogP contribution in [0.15, 0.2) is 0 Å². The highest BCUT2D eigenvalue weighted by atomic mass is 28.4. The summed E-state index contributed by atoms with van der Waals surface area (Å²) in [4.78, 5) is 26.4. The fraction of sp³-hybridized carbons (Fsp3) is 1.00. The van der Waals surface area contributed by atoms with Crippen molar-refractivity contribution >= 4 is 8.80 Å². The molecule has 0 rings (SSSR count). The standard InChI is InChI=1S/C8H22NO3Si/c1-4-6-9(2,3)7-5-8-13(10,11)12/h10-12H,4-8H2,1-3H3/q+1. The maximum absolute atomic E-state index is 8.79. The molecular formula is C8H22NO3Si+. The summed E-state index contributed by atoms with van der Waals surface area (Å²) in [6.07, 6.45) is 1.79. The van der Waals surface area contributed by atoms with E-state index in [-0.39, 0.29) is 6.04 Å². The third-order valence-corrected chi connectivity index (χ3v) is 3.13. The van der Waals surface area contributed by atoms with Crippen LogP contribution in [0.2, 0.25) is 6.04 Å². The molecule has 0 amide bonds. The Hall–Kier alpha value is 0.0569. The molecule has 3 N–H and O–H groups in total. The average Bonchev–Trinajstić information content (AvgIpc) is 1.82. The first-order chi connectivity index (χ1) is 5.77. The Morgan fingerprint density at radius 2 is 1.62 bits per heavy atom. The monoisotopic (exact) mass is 208 g/mol. The van der Waals surface area contributed by atoms with Gasteiger partial charge in [-0.2, -0.15) is 0 Å². The van der Waals surface area contributed by atoms with E-state index in [9.17, 15) is 0 Å². The van der Waals surface area contributed by atoms with Crippen LogP contribution >= 0.6 is 0 Å². The number of rotatable bonds is 6. The molecule has 13 heavy (non-hydrogen) atoms. The van der Waals surface area contributed by atoms with E-state index in [1.165, 1.54) is 0 Å². The van der Waals surface area contributed by atoms with E-state index in [1.807, 2.05) is 0 Å². The molecule has 4 nitrogen and oxygen atoms in total. The average molecular weight is 208 g/mol. The summed E-state index contributed by atoms with van der Waals surface area (Å²) >= 11 is 0. The lowest BCUT2D eigenvalue weighted by Gasteiger charge is -2.29. The molecule has 0 aromatic rings.